The fraction of sp³-hybridized carbons (Fsp3) is 0.375. The summed E-state index contributed by atoms with van der Waals surface area (Å²) < 4.78 is 0. The van der Waals surface area contributed by atoms with Gasteiger partial charge in [-0.2, -0.15) is 0 Å². The predicted octanol–water partition coefficient (Wildman–Crippen LogP) is 3.46. The van der Waals surface area contributed by atoms with E-state index in [0.29, 0.717) is 11.7 Å². The van der Waals surface area contributed by atoms with Gasteiger partial charge in [0.25, 0.3) is 0 Å². The third-order valence-electron chi connectivity index (χ3n) is 3.14. The molecule has 1 aromatic carbocycles. The summed E-state index contributed by atoms with van der Waals surface area (Å²) in [7, 11) is 0. The molecule has 0 fully saturated rings. The first kappa shape index (κ1) is 16.4. The molecule has 1 aromatic rings. The Balaban J connectivity index is 2.82. The minimum Gasteiger partial charge on any atom is -0.402 e. The van der Waals surface area contributed by atoms with Gasteiger partial charge in [-0.3, -0.25) is 0 Å². The molecule has 0 aromatic heterocycles. The van der Waals surface area contributed by atoms with Crippen molar-refractivity contribution in [2.45, 2.75) is 33.2 Å². The van der Waals surface area contributed by atoms with Crippen LogP contribution in [0.3, 0.4) is 0 Å². The number of allylic oxidation sites excluding steroid dienone is 3. The van der Waals surface area contributed by atoms with Crippen molar-refractivity contribution in [1.29, 1.82) is 0 Å². The fourth-order valence-electron chi connectivity index (χ4n) is 1.72. The Morgan fingerprint density at radius 3 is 2.20 bits per heavy atom. The monoisotopic (exact) mass is 293 g/mol. The van der Waals surface area contributed by atoms with Crippen LogP contribution < -0.4 is 16.8 Å². The van der Waals surface area contributed by atoms with Crippen LogP contribution in [0.5, 0.6) is 0 Å². The molecule has 0 heterocycles. The van der Waals surface area contributed by atoms with E-state index in [9.17, 15) is 0 Å². The molecule has 0 aliphatic rings. The smallest absolute Gasteiger partial charge is 0.0967 e. The Morgan fingerprint density at radius 1 is 1.15 bits per heavy atom. The number of hydrogen-bond acceptors (Lipinski definition) is 3. The van der Waals surface area contributed by atoms with Crippen molar-refractivity contribution >= 4 is 11.6 Å². The number of nitrogens with one attached hydrogen (secondary N) is 1. The van der Waals surface area contributed by atoms with Gasteiger partial charge in [-0.25, -0.2) is 0 Å². The maximum absolute atomic E-state index is 6.00. The largest absolute Gasteiger partial charge is 0.402 e. The second-order valence-corrected chi connectivity index (χ2v) is 6.14. The predicted molar refractivity (Wildman–Crippen MR) is 87.0 cm³/mol. The van der Waals surface area contributed by atoms with E-state index in [1.165, 1.54) is 0 Å². The van der Waals surface area contributed by atoms with E-state index in [4.69, 9.17) is 23.1 Å². The highest BCUT2D eigenvalue weighted by atomic mass is 35.5. The van der Waals surface area contributed by atoms with E-state index in [2.05, 4.69) is 19.2 Å². The van der Waals surface area contributed by atoms with Gasteiger partial charge in [0.1, 0.15) is 0 Å². The van der Waals surface area contributed by atoms with Crippen molar-refractivity contribution in [1.82, 2.24) is 5.32 Å². The second kappa shape index (κ2) is 6.71. The molecule has 3 nitrogen and oxygen atoms in total. The molecule has 20 heavy (non-hydrogen) atoms. The Kier molecular flexibility index (Phi) is 5.52. The molecule has 0 aliphatic heterocycles. The molecule has 0 spiro atoms. The molecule has 4 heteroatoms. The maximum atomic E-state index is 6.00. The molecule has 1 rings (SSSR count). The molecule has 0 saturated heterocycles. The molecule has 0 bridgehead atoms. The van der Waals surface area contributed by atoms with Crippen molar-refractivity contribution in [3.05, 3.63) is 58.5 Å². The van der Waals surface area contributed by atoms with Crippen LogP contribution in [-0.4, -0.2) is 0 Å². The van der Waals surface area contributed by atoms with Gasteiger partial charge in [0.05, 0.1) is 11.4 Å². The minimum atomic E-state index is -0.286. The summed E-state index contributed by atoms with van der Waals surface area (Å²) in [6.07, 6.45) is 3.64. The van der Waals surface area contributed by atoms with Gasteiger partial charge in [-0.05, 0) is 49.6 Å². The van der Waals surface area contributed by atoms with Crippen molar-refractivity contribution < 1.29 is 0 Å². The summed E-state index contributed by atoms with van der Waals surface area (Å²) in [4.78, 5) is 0. The minimum absolute atomic E-state index is 0.286. The fourth-order valence-corrected chi connectivity index (χ4v) is 1.85. The Morgan fingerprint density at radius 2 is 1.70 bits per heavy atom. The van der Waals surface area contributed by atoms with E-state index in [1.54, 1.807) is 6.08 Å². The van der Waals surface area contributed by atoms with Gasteiger partial charge in [-0.1, -0.05) is 37.6 Å². The number of nitrogens with two attached hydrogens (primary N) is 2. The third kappa shape index (κ3) is 4.82. The van der Waals surface area contributed by atoms with E-state index in [-0.39, 0.29) is 5.54 Å². The van der Waals surface area contributed by atoms with Gasteiger partial charge in [-0.15, -0.1) is 0 Å². The van der Waals surface area contributed by atoms with Crippen LogP contribution in [-0.2, 0) is 5.54 Å². The highest BCUT2D eigenvalue weighted by molar-refractivity contribution is 6.30. The zero-order valence-corrected chi connectivity index (χ0v) is 13.3. The van der Waals surface area contributed by atoms with Gasteiger partial charge < -0.3 is 16.8 Å². The first-order chi connectivity index (χ1) is 9.22. The van der Waals surface area contributed by atoms with Crippen LogP contribution in [0.15, 0.2) is 47.9 Å². The number of rotatable bonds is 5. The van der Waals surface area contributed by atoms with Gasteiger partial charge in [0.2, 0.25) is 0 Å². The molecule has 0 saturated carbocycles. The molecule has 0 amide bonds. The van der Waals surface area contributed by atoms with Crippen molar-refractivity contribution in [2.24, 2.45) is 17.4 Å². The first-order valence-electron chi connectivity index (χ1n) is 6.69. The lowest BCUT2D eigenvalue weighted by molar-refractivity contribution is 0.446. The highest BCUT2D eigenvalue weighted by Crippen LogP contribution is 2.22. The molecule has 0 unspecified atom stereocenters. The van der Waals surface area contributed by atoms with E-state index >= 15 is 0 Å². The van der Waals surface area contributed by atoms with Gasteiger partial charge in [0.15, 0.2) is 0 Å². The lowest BCUT2D eigenvalue weighted by Gasteiger charge is -2.28. The molecule has 0 atom stereocenters. The Labute approximate surface area is 126 Å². The van der Waals surface area contributed by atoms with E-state index in [1.807, 2.05) is 44.2 Å². The quantitative estimate of drug-likeness (QED) is 0.729. The molecule has 0 aliphatic carbocycles. The topological polar surface area (TPSA) is 64.1 Å². The lowest BCUT2D eigenvalue weighted by atomic mass is 9.94. The summed E-state index contributed by atoms with van der Waals surface area (Å²) >= 11 is 5.90. The Hall–Kier alpha value is -1.61. The van der Waals surface area contributed by atoms with Crippen LogP contribution in [0, 0.1) is 5.92 Å². The second-order valence-electron chi connectivity index (χ2n) is 5.70. The van der Waals surface area contributed by atoms with Crippen LogP contribution in [0.2, 0.25) is 5.02 Å². The van der Waals surface area contributed by atoms with E-state index < -0.39 is 0 Å². The summed E-state index contributed by atoms with van der Waals surface area (Å²) in [5.74, 6) is 0.886. The van der Waals surface area contributed by atoms with Crippen LogP contribution in [0.1, 0.15) is 33.3 Å². The molecular formula is C16H24ClN3. The number of halogens is 1. The number of benzene rings is 1. The zero-order valence-electron chi connectivity index (χ0n) is 12.6. The molecular weight excluding hydrogens is 270 g/mol. The summed E-state index contributed by atoms with van der Waals surface area (Å²) in [5.41, 5.74) is 13.5. The SMILES string of the molecule is CC(C)/C(N)=C/C=C(\N)NC(C)(C)c1ccc(Cl)cc1. The summed E-state index contributed by atoms with van der Waals surface area (Å²) in [6, 6.07) is 7.72. The standard InChI is InChI=1S/C16H24ClN3/c1-11(2)14(18)9-10-15(19)20-16(3,4)12-5-7-13(17)8-6-12/h5-11,20H,18-19H2,1-4H3/b14-9-,15-10+. The Bertz CT molecular complexity index is 499. The number of hydrogen-bond donors (Lipinski definition) is 3. The van der Waals surface area contributed by atoms with E-state index in [0.717, 1.165) is 16.3 Å². The average molecular weight is 294 g/mol. The molecule has 110 valence electrons. The lowest BCUT2D eigenvalue weighted by Crippen LogP contribution is -2.38. The van der Waals surface area contributed by atoms with Crippen molar-refractivity contribution in [3.63, 3.8) is 0 Å². The molecule has 5 N–H and O–H groups in total. The van der Waals surface area contributed by atoms with Gasteiger partial charge in [0, 0.05) is 10.7 Å². The summed E-state index contributed by atoms with van der Waals surface area (Å²) in [5, 5.41) is 4.00. The van der Waals surface area contributed by atoms with Crippen LogP contribution in [0.4, 0.5) is 0 Å². The van der Waals surface area contributed by atoms with Crippen molar-refractivity contribution in [3.8, 4) is 0 Å². The highest BCUT2D eigenvalue weighted by Gasteiger charge is 2.19. The first-order valence-corrected chi connectivity index (χ1v) is 7.07. The van der Waals surface area contributed by atoms with Crippen molar-refractivity contribution in [2.75, 3.05) is 0 Å². The van der Waals surface area contributed by atoms with Crippen LogP contribution >= 0.6 is 11.6 Å². The molecule has 0 radical (unpaired) electrons. The normalized spacial score (nSPS) is 13.7. The van der Waals surface area contributed by atoms with Gasteiger partial charge >= 0.3 is 0 Å². The zero-order chi connectivity index (χ0) is 15.3. The summed E-state index contributed by atoms with van der Waals surface area (Å²) in [6.45, 7) is 8.21. The van der Waals surface area contributed by atoms with Crippen LogP contribution in [0.25, 0.3) is 0 Å². The average Bonchev–Trinajstić information content (AvgIpc) is 2.35. The maximum Gasteiger partial charge on any atom is 0.0967 e. The third-order valence-corrected chi connectivity index (χ3v) is 3.40.